The lowest BCUT2D eigenvalue weighted by Gasteiger charge is -2.31. The van der Waals surface area contributed by atoms with E-state index in [0.29, 0.717) is 0 Å². The first-order chi connectivity index (χ1) is 9.16. The van der Waals surface area contributed by atoms with E-state index in [1.54, 1.807) is 0 Å². The summed E-state index contributed by atoms with van der Waals surface area (Å²) in [6.45, 7) is 3.06. The van der Waals surface area contributed by atoms with Crippen molar-refractivity contribution in [2.75, 3.05) is 0 Å². The van der Waals surface area contributed by atoms with Crippen LogP contribution in [0.5, 0.6) is 5.75 Å². The second-order valence-electron chi connectivity index (χ2n) is 3.99. The Balaban J connectivity index is 3.45. The van der Waals surface area contributed by atoms with E-state index in [4.69, 9.17) is 5.11 Å². The van der Waals surface area contributed by atoms with Crippen LogP contribution in [0.1, 0.15) is 12.0 Å². The second kappa shape index (κ2) is 5.60. The molecule has 0 bridgehead atoms. The van der Waals surface area contributed by atoms with Gasteiger partial charge in [0.1, 0.15) is 5.75 Å². The van der Waals surface area contributed by atoms with Crippen LogP contribution in [-0.2, 0) is 5.67 Å². The molecule has 0 aliphatic rings. The van der Waals surface area contributed by atoms with Crippen molar-refractivity contribution < 1.29 is 31.4 Å². The zero-order valence-electron chi connectivity index (χ0n) is 10.0. The molecular weight excluding hydrogens is 286 g/mol. The number of halogens is 6. The smallest absolute Gasteiger partial charge is 0.341 e. The third-order valence-corrected chi connectivity index (χ3v) is 2.69. The molecule has 1 N–H and O–H groups in total. The summed E-state index contributed by atoms with van der Waals surface area (Å²) in [7, 11) is 0. The predicted molar refractivity (Wildman–Crippen MR) is 61.0 cm³/mol. The zero-order chi connectivity index (χ0) is 15.6. The Morgan fingerprint density at radius 2 is 1.60 bits per heavy atom. The van der Waals surface area contributed by atoms with Crippen LogP contribution in [0.15, 0.2) is 48.8 Å². The number of benzene rings is 1. The number of allylic oxidation sites excluding steroid dienone is 2. The van der Waals surface area contributed by atoms with Gasteiger partial charge in [-0.05, 0) is 17.7 Å². The molecule has 1 nitrogen and oxygen atoms in total. The van der Waals surface area contributed by atoms with Crippen LogP contribution >= 0.6 is 0 Å². The molecule has 0 saturated heterocycles. The molecule has 1 aromatic carbocycles. The van der Waals surface area contributed by atoms with Crippen LogP contribution in [0.4, 0.5) is 26.3 Å². The monoisotopic (exact) mass is 296 g/mol. The Bertz CT molecular complexity index is 518. The fraction of sp³-hybridized carbons (Fsp3) is 0.231. The van der Waals surface area contributed by atoms with Crippen LogP contribution in [0.3, 0.4) is 0 Å². The average molecular weight is 296 g/mol. The predicted octanol–water partition coefficient (Wildman–Crippen LogP) is 4.85. The molecule has 0 aliphatic heterocycles. The largest absolute Gasteiger partial charge is 0.508 e. The quantitative estimate of drug-likeness (QED) is 0.608. The highest BCUT2D eigenvalue weighted by molar-refractivity contribution is 5.34. The maximum absolute atomic E-state index is 14.5. The summed E-state index contributed by atoms with van der Waals surface area (Å²) in [6.07, 6.45) is -3.66. The molecule has 7 heteroatoms. The topological polar surface area (TPSA) is 20.2 Å². The molecule has 0 radical (unpaired) electrons. The Labute approximate surface area is 110 Å². The highest BCUT2D eigenvalue weighted by atomic mass is 19.3. The summed E-state index contributed by atoms with van der Waals surface area (Å²) in [6, 6.07) is 3.29. The average Bonchev–Trinajstić information content (AvgIpc) is 2.38. The molecule has 0 spiro atoms. The fourth-order valence-corrected chi connectivity index (χ4v) is 1.64. The minimum Gasteiger partial charge on any atom is -0.508 e. The Kier molecular flexibility index (Phi) is 4.52. The van der Waals surface area contributed by atoms with E-state index in [-0.39, 0.29) is 5.75 Å². The molecule has 0 heterocycles. The standard InChI is InChI=1S/C13H10F6O/c1-2-7-12(17,8-3-5-9(20)6-4-8)13(18,19)10(14)11(15)16/h2-6,20H,1,7H2. The number of alkyl halides is 3. The van der Waals surface area contributed by atoms with Gasteiger partial charge in [0.15, 0.2) is 0 Å². The number of hydrogen-bond donors (Lipinski definition) is 1. The second-order valence-corrected chi connectivity index (χ2v) is 3.99. The van der Waals surface area contributed by atoms with Gasteiger partial charge in [0.2, 0.25) is 11.5 Å². The lowest BCUT2D eigenvalue weighted by atomic mass is 9.85. The highest BCUT2D eigenvalue weighted by Gasteiger charge is 2.60. The van der Waals surface area contributed by atoms with Crippen molar-refractivity contribution in [3.05, 3.63) is 54.4 Å². The maximum Gasteiger partial charge on any atom is 0.341 e. The normalized spacial score (nSPS) is 14.5. The van der Waals surface area contributed by atoms with Gasteiger partial charge in [0, 0.05) is 6.42 Å². The SMILES string of the molecule is C=CCC(F)(c1ccc(O)cc1)C(F)(F)C(F)=C(F)F. The van der Waals surface area contributed by atoms with Gasteiger partial charge < -0.3 is 5.11 Å². The van der Waals surface area contributed by atoms with Gasteiger partial charge in [0.25, 0.3) is 0 Å². The van der Waals surface area contributed by atoms with E-state index in [1.807, 2.05) is 0 Å². The van der Waals surface area contributed by atoms with Crippen molar-refractivity contribution in [2.24, 2.45) is 0 Å². The summed E-state index contributed by atoms with van der Waals surface area (Å²) >= 11 is 0. The maximum atomic E-state index is 14.5. The van der Waals surface area contributed by atoms with Crippen molar-refractivity contribution in [3.63, 3.8) is 0 Å². The number of phenolic OH excluding ortho intramolecular Hbond substituents is 1. The molecule has 0 aliphatic carbocycles. The van der Waals surface area contributed by atoms with E-state index < -0.39 is 35.5 Å². The molecule has 1 rings (SSSR count). The van der Waals surface area contributed by atoms with Gasteiger partial charge in [-0.3, -0.25) is 0 Å². The van der Waals surface area contributed by atoms with E-state index in [2.05, 4.69) is 6.58 Å². The molecule has 0 amide bonds. The summed E-state index contributed by atoms with van der Waals surface area (Å²) in [4.78, 5) is 0. The number of rotatable bonds is 5. The number of aromatic hydroxyl groups is 1. The Morgan fingerprint density at radius 3 is 2.00 bits per heavy atom. The van der Waals surface area contributed by atoms with E-state index in [1.165, 1.54) is 0 Å². The van der Waals surface area contributed by atoms with Crippen LogP contribution in [0.25, 0.3) is 0 Å². The molecule has 0 saturated carbocycles. The van der Waals surface area contributed by atoms with Gasteiger partial charge in [-0.25, -0.2) is 4.39 Å². The summed E-state index contributed by atoms with van der Waals surface area (Å²) in [5.74, 6) is -8.54. The van der Waals surface area contributed by atoms with Crippen LogP contribution in [0.2, 0.25) is 0 Å². The minimum atomic E-state index is -5.07. The van der Waals surface area contributed by atoms with Crippen LogP contribution < -0.4 is 0 Å². The third-order valence-electron chi connectivity index (χ3n) is 2.69. The van der Waals surface area contributed by atoms with Crippen molar-refractivity contribution in [1.82, 2.24) is 0 Å². The molecule has 1 unspecified atom stereocenters. The lowest BCUT2D eigenvalue weighted by molar-refractivity contribution is -0.129. The van der Waals surface area contributed by atoms with Crippen molar-refractivity contribution in [1.29, 1.82) is 0 Å². The van der Waals surface area contributed by atoms with Gasteiger partial charge in [-0.15, -0.1) is 6.58 Å². The van der Waals surface area contributed by atoms with E-state index in [9.17, 15) is 26.3 Å². The summed E-state index contributed by atoms with van der Waals surface area (Å²) < 4.78 is 79.0. The van der Waals surface area contributed by atoms with E-state index >= 15 is 0 Å². The van der Waals surface area contributed by atoms with Gasteiger partial charge >= 0.3 is 12.0 Å². The first-order valence-electron chi connectivity index (χ1n) is 5.35. The van der Waals surface area contributed by atoms with Crippen molar-refractivity contribution in [3.8, 4) is 5.75 Å². The van der Waals surface area contributed by atoms with Crippen molar-refractivity contribution >= 4 is 0 Å². The van der Waals surface area contributed by atoms with Crippen LogP contribution in [0, 0.1) is 0 Å². The minimum absolute atomic E-state index is 0.342. The van der Waals surface area contributed by atoms with Crippen molar-refractivity contribution in [2.45, 2.75) is 18.0 Å². The molecule has 0 aromatic heterocycles. The van der Waals surface area contributed by atoms with E-state index in [0.717, 1.165) is 30.3 Å². The molecule has 1 aromatic rings. The fourth-order valence-electron chi connectivity index (χ4n) is 1.64. The van der Waals surface area contributed by atoms with Gasteiger partial charge in [0.05, 0.1) is 0 Å². The molecular formula is C13H10F6O. The Morgan fingerprint density at radius 1 is 1.10 bits per heavy atom. The van der Waals surface area contributed by atoms with Gasteiger partial charge in [-0.2, -0.15) is 22.0 Å². The first-order valence-corrected chi connectivity index (χ1v) is 5.35. The first kappa shape index (κ1) is 16.1. The molecule has 1 atom stereocenters. The lowest BCUT2D eigenvalue weighted by Crippen LogP contribution is -2.42. The summed E-state index contributed by atoms with van der Waals surface area (Å²) in [5.41, 5.74) is -4.49. The zero-order valence-corrected chi connectivity index (χ0v) is 10.0. The summed E-state index contributed by atoms with van der Waals surface area (Å²) in [5, 5.41) is 9.02. The molecule has 110 valence electrons. The number of phenols is 1. The number of hydrogen-bond acceptors (Lipinski definition) is 1. The molecule has 0 fully saturated rings. The highest BCUT2D eigenvalue weighted by Crippen LogP contribution is 2.50. The molecule has 20 heavy (non-hydrogen) atoms. The van der Waals surface area contributed by atoms with Crippen LogP contribution in [-0.4, -0.2) is 11.0 Å². The third kappa shape index (κ3) is 2.66. The van der Waals surface area contributed by atoms with Gasteiger partial charge in [-0.1, -0.05) is 18.2 Å². The Hall–Kier alpha value is -1.92.